The van der Waals surface area contributed by atoms with Crippen molar-refractivity contribution >= 4 is 34.8 Å². The van der Waals surface area contributed by atoms with Gasteiger partial charge < -0.3 is 10.1 Å². The second-order valence-corrected chi connectivity index (χ2v) is 9.24. The number of nitro groups is 1. The number of anilines is 1. The third-order valence-corrected chi connectivity index (χ3v) is 6.76. The van der Waals surface area contributed by atoms with Gasteiger partial charge in [0.05, 0.1) is 10.5 Å². The first-order valence-corrected chi connectivity index (χ1v) is 12.3. The van der Waals surface area contributed by atoms with Gasteiger partial charge in [0.1, 0.15) is 12.0 Å². The standard InChI is InChI=1S/C31H22N2O7/c1-18-17-20(33(38)39)15-16-25(18)32-30(36)28(35)26(29-23-13-7-8-14-24(23)31(37)40-29)27(34)22-12-6-5-11-21(22)19-9-3-2-4-10-19/h2-17,26,29H,1H3,(H,32,36)/t26-,29+/m1/s1. The maximum atomic E-state index is 14.2. The molecule has 0 spiro atoms. The van der Waals surface area contributed by atoms with Crippen LogP contribution in [0.25, 0.3) is 11.1 Å². The van der Waals surface area contributed by atoms with E-state index < -0.39 is 40.4 Å². The molecular weight excluding hydrogens is 512 g/mol. The summed E-state index contributed by atoms with van der Waals surface area (Å²) in [6, 6.07) is 26.0. The van der Waals surface area contributed by atoms with Gasteiger partial charge in [-0.1, -0.05) is 72.8 Å². The fourth-order valence-electron chi connectivity index (χ4n) is 4.78. The molecule has 9 nitrogen and oxygen atoms in total. The third-order valence-electron chi connectivity index (χ3n) is 6.76. The summed E-state index contributed by atoms with van der Waals surface area (Å²) in [5, 5.41) is 13.5. The summed E-state index contributed by atoms with van der Waals surface area (Å²) in [5.41, 5.74) is 2.35. The number of aryl methyl sites for hydroxylation is 1. The molecule has 1 aliphatic heterocycles. The van der Waals surface area contributed by atoms with Crippen molar-refractivity contribution in [2.45, 2.75) is 13.0 Å². The van der Waals surface area contributed by atoms with Crippen LogP contribution in [0.4, 0.5) is 11.4 Å². The monoisotopic (exact) mass is 534 g/mol. The fraction of sp³-hybridized carbons (Fsp3) is 0.0968. The summed E-state index contributed by atoms with van der Waals surface area (Å²) < 4.78 is 5.53. The number of rotatable bonds is 8. The molecule has 9 heteroatoms. The number of ether oxygens (including phenoxy) is 1. The number of carbonyl (C=O) groups is 4. The first-order chi connectivity index (χ1) is 19.3. The van der Waals surface area contributed by atoms with E-state index in [0.29, 0.717) is 16.7 Å². The first-order valence-electron chi connectivity index (χ1n) is 12.3. The van der Waals surface area contributed by atoms with Crippen LogP contribution in [0.5, 0.6) is 0 Å². The van der Waals surface area contributed by atoms with Crippen molar-refractivity contribution in [2.75, 3.05) is 5.32 Å². The highest BCUT2D eigenvalue weighted by molar-refractivity contribution is 6.45. The quantitative estimate of drug-likeness (QED) is 0.0789. The maximum Gasteiger partial charge on any atom is 0.339 e. The number of benzene rings is 4. The Kier molecular flexibility index (Phi) is 7.03. The highest BCUT2D eigenvalue weighted by Crippen LogP contribution is 2.39. The van der Waals surface area contributed by atoms with E-state index in [4.69, 9.17) is 4.74 Å². The second kappa shape index (κ2) is 10.7. The lowest BCUT2D eigenvalue weighted by atomic mass is 9.82. The van der Waals surface area contributed by atoms with E-state index in [2.05, 4.69) is 5.32 Å². The number of esters is 1. The Morgan fingerprint density at radius 1 is 0.875 bits per heavy atom. The van der Waals surface area contributed by atoms with Gasteiger partial charge in [-0.15, -0.1) is 0 Å². The largest absolute Gasteiger partial charge is 0.453 e. The van der Waals surface area contributed by atoms with E-state index in [1.54, 1.807) is 49.4 Å². The van der Waals surface area contributed by atoms with Gasteiger partial charge in [-0.05, 0) is 35.7 Å². The maximum absolute atomic E-state index is 14.2. The Balaban J connectivity index is 1.56. The first kappa shape index (κ1) is 26.2. The minimum Gasteiger partial charge on any atom is -0.453 e. The second-order valence-electron chi connectivity index (χ2n) is 9.24. The van der Waals surface area contributed by atoms with Crippen LogP contribution in [0.3, 0.4) is 0 Å². The van der Waals surface area contributed by atoms with Crippen molar-refractivity contribution in [1.29, 1.82) is 0 Å². The molecule has 0 saturated carbocycles. The van der Waals surface area contributed by atoms with Crippen molar-refractivity contribution in [3.05, 3.63) is 129 Å². The lowest BCUT2D eigenvalue weighted by Crippen LogP contribution is -2.38. The van der Waals surface area contributed by atoms with Gasteiger partial charge in [0, 0.05) is 28.9 Å². The van der Waals surface area contributed by atoms with Crippen LogP contribution in [0.2, 0.25) is 0 Å². The molecule has 40 heavy (non-hydrogen) atoms. The molecule has 198 valence electrons. The van der Waals surface area contributed by atoms with Gasteiger partial charge in [-0.2, -0.15) is 0 Å². The molecule has 0 bridgehead atoms. The third kappa shape index (κ3) is 4.88. The molecule has 0 aliphatic carbocycles. The number of fused-ring (bicyclic) bond motifs is 1. The van der Waals surface area contributed by atoms with Gasteiger partial charge >= 0.3 is 5.97 Å². The highest BCUT2D eigenvalue weighted by atomic mass is 16.6. The molecule has 5 rings (SSSR count). The number of amides is 1. The zero-order chi connectivity index (χ0) is 28.4. The Hall–Kier alpha value is -5.44. The van der Waals surface area contributed by atoms with Crippen LogP contribution in [-0.4, -0.2) is 28.4 Å². The topological polar surface area (TPSA) is 133 Å². The number of Topliss-reactive ketones (excluding diaryl/α,β-unsaturated/α-hetero) is 2. The predicted octanol–water partition coefficient (Wildman–Crippen LogP) is 5.49. The molecule has 1 amide bonds. The summed E-state index contributed by atoms with van der Waals surface area (Å²) in [6.07, 6.45) is -1.32. The SMILES string of the molecule is Cc1cc([N+](=O)[O-])ccc1NC(=O)C(=O)[C@@H](C(=O)c1ccccc1-c1ccccc1)[C@H]1OC(=O)c2ccccc21. The number of nitrogens with zero attached hydrogens (tertiary/aromatic N) is 1. The Morgan fingerprint density at radius 3 is 2.23 bits per heavy atom. The number of nitro benzene ring substituents is 1. The zero-order valence-corrected chi connectivity index (χ0v) is 21.2. The molecule has 1 N–H and O–H groups in total. The molecule has 0 fully saturated rings. The summed E-state index contributed by atoms with van der Waals surface area (Å²) in [4.78, 5) is 64.4. The normalized spacial score (nSPS) is 14.5. The number of cyclic esters (lactones) is 1. The molecule has 2 atom stereocenters. The summed E-state index contributed by atoms with van der Waals surface area (Å²) in [5.74, 6) is -5.30. The van der Waals surface area contributed by atoms with Crippen LogP contribution in [0.15, 0.2) is 97.1 Å². The predicted molar refractivity (Wildman–Crippen MR) is 146 cm³/mol. The van der Waals surface area contributed by atoms with E-state index in [-0.39, 0.29) is 22.5 Å². The van der Waals surface area contributed by atoms with E-state index in [9.17, 15) is 29.3 Å². The zero-order valence-electron chi connectivity index (χ0n) is 21.2. The molecule has 1 aliphatic rings. The van der Waals surface area contributed by atoms with Gasteiger partial charge in [-0.3, -0.25) is 24.5 Å². The number of carbonyl (C=O) groups excluding carboxylic acids is 4. The lowest BCUT2D eigenvalue weighted by molar-refractivity contribution is -0.384. The van der Waals surface area contributed by atoms with E-state index >= 15 is 0 Å². The minimum absolute atomic E-state index is 0.170. The average Bonchev–Trinajstić information content (AvgIpc) is 3.30. The Morgan fingerprint density at radius 2 is 1.52 bits per heavy atom. The van der Waals surface area contributed by atoms with Crippen molar-refractivity contribution in [1.82, 2.24) is 0 Å². The summed E-state index contributed by atoms with van der Waals surface area (Å²) in [7, 11) is 0. The van der Waals surface area contributed by atoms with Gasteiger partial charge in [0.15, 0.2) is 5.78 Å². The Bertz CT molecular complexity index is 1680. The van der Waals surface area contributed by atoms with Gasteiger partial charge in [0.2, 0.25) is 5.78 Å². The number of non-ortho nitro benzene ring substituents is 1. The number of hydrogen-bond acceptors (Lipinski definition) is 7. The number of hydrogen-bond donors (Lipinski definition) is 1. The molecule has 4 aromatic rings. The Labute approximate surface area is 228 Å². The van der Waals surface area contributed by atoms with Crippen LogP contribution in [-0.2, 0) is 14.3 Å². The molecule has 0 radical (unpaired) electrons. The van der Waals surface area contributed by atoms with Crippen molar-refractivity contribution in [3.8, 4) is 11.1 Å². The highest BCUT2D eigenvalue weighted by Gasteiger charge is 2.46. The number of ketones is 2. The van der Waals surface area contributed by atoms with Gasteiger partial charge in [0.25, 0.3) is 11.6 Å². The molecule has 4 aromatic carbocycles. The number of nitrogens with one attached hydrogen (secondary N) is 1. The lowest BCUT2D eigenvalue weighted by Gasteiger charge is -2.22. The molecular formula is C31H22N2O7. The average molecular weight is 535 g/mol. The van der Waals surface area contributed by atoms with Crippen molar-refractivity contribution < 1.29 is 28.8 Å². The van der Waals surface area contributed by atoms with Crippen molar-refractivity contribution in [2.24, 2.45) is 5.92 Å². The van der Waals surface area contributed by atoms with Crippen LogP contribution in [0.1, 0.15) is 37.9 Å². The summed E-state index contributed by atoms with van der Waals surface area (Å²) in [6.45, 7) is 1.54. The molecule has 0 unspecified atom stereocenters. The van der Waals surface area contributed by atoms with E-state index in [1.165, 1.54) is 24.3 Å². The van der Waals surface area contributed by atoms with E-state index in [0.717, 1.165) is 5.56 Å². The smallest absolute Gasteiger partial charge is 0.339 e. The summed E-state index contributed by atoms with van der Waals surface area (Å²) >= 11 is 0. The molecule has 1 heterocycles. The van der Waals surface area contributed by atoms with Crippen LogP contribution < -0.4 is 5.32 Å². The minimum atomic E-state index is -1.68. The van der Waals surface area contributed by atoms with Crippen LogP contribution in [0, 0.1) is 23.0 Å². The van der Waals surface area contributed by atoms with E-state index in [1.807, 2.05) is 30.3 Å². The van der Waals surface area contributed by atoms with Crippen LogP contribution >= 0.6 is 0 Å². The molecule has 0 saturated heterocycles. The molecule has 0 aromatic heterocycles. The van der Waals surface area contributed by atoms with Crippen molar-refractivity contribution in [3.63, 3.8) is 0 Å². The fourth-order valence-corrected chi connectivity index (χ4v) is 4.78. The van der Waals surface area contributed by atoms with Gasteiger partial charge in [-0.25, -0.2) is 4.79 Å².